The lowest BCUT2D eigenvalue weighted by molar-refractivity contribution is -0.131. The van der Waals surface area contributed by atoms with E-state index in [1.807, 2.05) is 41.6 Å². The maximum absolute atomic E-state index is 12.5. The number of halogens is 1. The minimum absolute atomic E-state index is 0.156. The van der Waals surface area contributed by atoms with Gasteiger partial charge in [0, 0.05) is 20.0 Å². The summed E-state index contributed by atoms with van der Waals surface area (Å²) in [6.07, 6.45) is 1.22. The van der Waals surface area contributed by atoms with Gasteiger partial charge in [0.1, 0.15) is 0 Å². The van der Waals surface area contributed by atoms with Gasteiger partial charge in [-0.15, -0.1) is 0 Å². The predicted octanol–water partition coefficient (Wildman–Crippen LogP) is 2.51. The molecule has 5 heteroatoms. The highest BCUT2D eigenvalue weighted by atomic mass is 35.5. The molecule has 1 aromatic carbocycles. The van der Waals surface area contributed by atoms with E-state index in [2.05, 4.69) is 11.1 Å². The Hall–Kier alpha value is -1.81. The molecule has 1 amide bonds. The molecule has 21 heavy (non-hydrogen) atoms. The number of rotatable bonds is 2. The van der Waals surface area contributed by atoms with E-state index in [9.17, 15) is 4.79 Å². The van der Waals surface area contributed by atoms with Gasteiger partial charge in [-0.2, -0.15) is 0 Å². The molecule has 0 atom stereocenters. The molecule has 1 aromatic heterocycles. The van der Waals surface area contributed by atoms with Crippen molar-refractivity contribution in [2.75, 3.05) is 6.54 Å². The van der Waals surface area contributed by atoms with Crippen molar-refractivity contribution < 1.29 is 4.79 Å². The Balaban J connectivity index is 1.73. The van der Waals surface area contributed by atoms with Gasteiger partial charge in [-0.1, -0.05) is 29.8 Å². The summed E-state index contributed by atoms with van der Waals surface area (Å²) >= 11 is 6.04. The molecular weight excluding hydrogens is 286 g/mol. The number of aryl methyl sites for hydroxylation is 1. The zero-order chi connectivity index (χ0) is 15.0. The first-order valence-corrected chi connectivity index (χ1v) is 7.45. The molecule has 0 N–H and O–H groups in total. The molecule has 0 spiro atoms. The van der Waals surface area contributed by atoms with Crippen molar-refractivity contribution in [2.24, 2.45) is 7.05 Å². The lowest BCUT2D eigenvalue weighted by Gasteiger charge is -2.27. The van der Waals surface area contributed by atoms with Gasteiger partial charge < -0.3 is 9.47 Å². The molecule has 1 aliphatic heterocycles. The summed E-state index contributed by atoms with van der Waals surface area (Å²) in [5, 5.41) is 0.494. The van der Waals surface area contributed by atoms with E-state index in [-0.39, 0.29) is 5.91 Å². The zero-order valence-electron chi connectivity index (χ0n) is 12.3. The monoisotopic (exact) mass is 303 g/mol. The third kappa shape index (κ3) is 2.81. The fourth-order valence-electron chi connectivity index (χ4n) is 2.78. The Morgan fingerprint density at radius 1 is 1.43 bits per heavy atom. The van der Waals surface area contributed by atoms with E-state index in [0.717, 1.165) is 23.4 Å². The molecule has 3 rings (SSSR count). The highest BCUT2D eigenvalue weighted by molar-refractivity contribution is 6.28. The first kappa shape index (κ1) is 14.1. The quantitative estimate of drug-likeness (QED) is 0.855. The van der Waals surface area contributed by atoms with E-state index in [0.29, 0.717) is 24.8 Å². The van der Waals surface area contributed by atoms with Crippen LogP contribution < -0.4 is 0 Å². The van der Waals surface area contributed by atoms with Crippen LogP contribution in [0.2, 0.25) is 5.28 Å². The second-order valence-electron chi connectivity index (χ2n) is 5.56. The molecule has 0 unspecified atom stereocenters. The molecule has 0 fully saturated rings. The molecule has 0 saturated heterocycles. The average Bonchev–Trinajstić information content (AvgIpc) is 2.74. The maximum Gasteiger partial charge on any atom is 0.227 e. The second-order valence-corrected chi connectivity index (χ2v) is 5.90. The minimum Gasteiger partial charge on any atom is -0.336 e. The summed E-state index contributed by atoms with van der Waals surface area (Å²) in [6, 6.07) is 8.10. The third-order valence-electron chi connectivity index (χ3n) is 3.99. The van der Waals surface area contributed by atoms with Crippen LogP contribution in [-0.2, 0) is 31.2 Å². The number of aromatic nitrogens is 2. The SMILES string of the molecule is Cc1cccc(CC(=O)N2CCc3nc(Cl)n(C)c3C2)c1. The van der Waals surface area contributed by atoms with E-state index in [1.54, 1.807) is 0 Å². The van der Waals surface area contributed by atoms with Crippen molar-refractivity contribution in [3.63, 3.8) is 0 Å². The van der Waals surface area contributed by atoms with Gasteiger partial charge in [-0.25, -0.2) is 4.98 Å². The highest BCUT2D eigenvalue weighted by Gasteiger charge is 2.25. The van der Waals surface area contributed by atoms with Crippen molar-refractivity contribution in [3.8, 4) is 0 Å². The molecule has 0 bridgehead atoms. The van der Waals surface area contributed by atoms with E-state index in [1.165, 1.54) is 5.56 Å². The van der Waals surface area contributed by atoms with Gasteiger partial charge in [0.15, 0.2) is 0 Å². The van der Waals surface area contributed by atoms with Gasteiger partial charge in [-0.05, 0) is 24.1 Å². The maximum atomic E-state index is 12.5. The van der Waals surface area contributed by atoms with Crippen LogP contribution in [0.15, 0.2) is 24.3 Å². The largest absolute Gasteiger partial charge is 0.336 e. The Bertz CT molecular complexity index is 693. The number of benzene rings is 1. The third-order valence-corrected chi connectivity index (χ3v) is 4.33. The Morgan fingerprint density at radius 3 is 3.00 bits per heavy atom. The van der Waals surface area contributed by atoms with Crippen molar-refractivity contribution in [1.29, 1.82) is 0 Å². The van der Waals surface area contributed by atoms with Crippen LogP contribution >= 0.6 is 11.6 Å². The first-order chi connectivity index (χ1) is 10.0. The predicted molar refractivity (Wildman–Crippen MR) is 82.2 cm³/mol. The summed E-state index contributed by atoms with van der Waals surface area (Å²) in [6.45, 7) is 3.35. The Kier molecular flexibility index (Phi) is 3.72. The number of nitrogens with zero attached hydrogens (tertiary/aromatic N) is 3. The zero-order valence-corrected chi connectivity index (χ0v) is 13.0. The molecule has 2 aromatic rings. The van der Waals surface area contributed by atoms with Crippen LogP contribution in [0, 0.1) is 6.92 Å². The van der Waals surface area contributed by atoms with E-state index < -0.39 is 0 Å². The molecule has 0 saturated carbocycles. The van der Waals surface area contributed by atoms with Gasteiger partial charge in [-0.3, -0.25) is 4.79 Å². The van der Waals surface area contributed by atoms with Crippen molar-refractivity contribution in [2.45, 2.75) is 26.3 Å². The summed E-state index contributed by atoms with van der Waals surface area (Å²) in [7, 11) is 1.89. The molecule has 110 valence electrons. The van der Waals surface area contributed by atoms with E-state index in [4.69, 9.17) is 11.6 Å². The molecule has 4 nitrogen and oxygen atoms in total. The molecule has 2 heterocycles. The van der Waals surface area contributed by atoms with Gasteiger partial charge in [0.2, 0.25) is 11.2 Å². The fraction of sp³-hybridized carbons (Fsp3) is 0.375. The summed E-state index contributed by atoms with van der Waals surface area (Å²) in [5.41, 5.74) is 4.31. The van der Waals surface area contributed by atoms with E-state index >= 15 is 0 Å². The van der Waals surface area contributed by atoms with Crippen LogP contribution in [0.4, 0.5) is 0 Å². The Morgan fingerprint density at radius 2 is 2.24 bits per heavy atom. The van der Waals surface area contributed by atoms with Crippen molar-refractivity contribution in [3.05, 3.63) is 52.1 Å². The Labute approximate surface area is 129 Å². The van der Waals surface area contributed by atoms with Crippen LogP contribution in [0.25, 0.3) is 0 Å². The molecule has 0 radical (unpaired) electrons. The first-order valence-electron chi connectivity index (χ1n) is 7.08. The number of carbonyl (C=O) groups is 1. The number of fused-ring (bicyclic) bond motifs is 1. The van der Waals surface area contributed by atoms with Crippen LogP contribution in [0.3, 0.4) is 0 Å². The normalized spacial score (nSPS) is 14.1. The number of hydrogen-bond donors (Lipinski definition) is 0. The van der Waals surface area contributed by atoms with Crippen LogP contribution in [-0.4, -0.2) is 26.9 Å². The number of amides is 1. The van der Waals surface area contributed by atoms with Gasteiger partial charge >= 0.3 is 0 Å². The highest BCUT2D eigenvalue weighted by Crippen LogP contribution is 2.22. The number of imidazole rings is 1. The number of hydrogen-bond acceptors (Lipinski definition) is 2. The summed E-state index contributed by atoms with van der Waals surface area (Å²) < 4.78 is 1.86. The van der Waals surface area contributed by atoms with Gasteiger partial charge in [0.05, 0.1) is 24.4 Å². The van der Waals surface area contributed by atoms with Crippen LogP contribution in [0.1, 0.15) is 22.5 Å². The summed E-state index contributed by atoms with van der Waals surface area (Å²) in [5.74, 6) is 0.156. The minimum atomic E-state index is 0.156. The smallest absolute Gasteiger partial charge is 0.227 e. The summed E-state index contributed by atoms with van der Waals surface area (Å²) in [4.78, 5) is 18.7. The molecular formula is C16H18ClN3O. The number of carbonyl (C=O) groups excluding carboxylic acids is 1. The lowest BCUT2D eigenvalue weighted by atomic mass is 10.1. The van der Waals surface area contributed by atoms with Gasteiger partial charge in [0.25, 0.3) is 0 Å². The second kappa shape index (κ2) is 5.53. The lowest BCUT2D eigenvalue weighted by Crippen LogP contribution is -2.37. The molecule has 1 aliphatic rings. The van der Waals surface area contributed by atoms with Crippen LogP contribution in [0.5, 0.6) is 0 Å². The van der Waals surface area contributed by atoms with Crippen molar-refractivity contribution >= 4 is 17.5 Å². The molecule has 0 aliphatic carbocycles. The average molecular weight is 304 g/mol. The fourth-order valence-corrected chi connectivity index (χ4v) is 2.98. The standard InChI is InChI=1S/C16H18ClN3O/c1-11-4-3-5-12(8-11)9-15(21)20-7-6-13-14(10-20)19(2)16(17)18-13/h3-5,8H,6-7,9-10H2,1-2H3. The van der Waals surface area contributed by atoms with Crippen molar-refractivity contribution in [1.82, 2.24) is 14.5 Å². The topological polar surface area (TPSA) is 38.1 Å².